The van der Waals surface area contributed by atoms with Crippen molar-refractivity contribution >= 4 is 23.7 Å². The average molecular weight is 444 g/mol. The summed E-state index contributed by atoms with van der Waals surface area (Å²) in [4.78, 5) is 35.1. The largest absolute Gasteiger partial charge is 0.480 e. The van der Waals surface area contributed by atoms with Gasteiger partial charge in [-0.1, -0.05) is 60.7 Å². The van der Waals surface area contributed by atoms with Crippen LogP contribution in [0.2, 0.25) is 0 Å². The van der Waals surface area contributed by atoms with Crippen molar-refractivity contribution in [1.82, 2.24) is 5.32 Å². The predicted octanol–water partition coefficient (Wildman–Crippen LogP) is 4.35. The number of rotatable bonds is 7. The van der Waals surface area contributed by atoms with Crippen molar-refractivity contribution in [2.75, 3.05) is 18.5 Å². The second kappa shape index (κ2) is 9.56. The van der Waals surface area contributed by atoms with E-state index in [4.69, 9.17) is 9.84 Å². The fourth-order valence-electron chi connectivity index (χ4n) is 4.07. The van der Waals surface area contributed by atoms with Crippen LogP contribution in [0.25, 0.3) is 11.1 Å². The zero-order chi connectivity index (χ0) is 23.4. The normalized spacial score (nSPS) is 12.9. The zero-order valence-electron chi connectivity index (χ0n) is 18.1. The van der Waals surface area contributed by atoms with E-state index in [1.54, 1.807) is 31.2 Å². The number of amides is 2. The lowest BCUT2D eigenvalue weighted by molar-refractivity contribution is -0.138. The number of ether oxygens (including phenoxy) is 1. The van der Waals surface area contributed by atoms with Crippen molar-refractivity contribution in [3.63, 3.8) is 0 Å². The van der Waals surface area contributed by atoms with E-state index >= 15 is 0 Å². The van der Waals surface area contributed by atoms with E-state index in [0.29, 0.717) is 11.3 Å². The van der Waals surface area contributed by atoms with Gasteiger partial charge < -0.3 is 15.2 Å². The number of carboxylic acid groups (broad SMARTS) is 1. The molecule has 7 nitrogen and oxygen atoms in total. The van der Waals surface area contributed by atoms with Gasteiger partial charge in [-0.05, 0) is 46.9 Å². The molecule has 0 heterocycles. The van der Waals surface area contributed by atoms with Gasteiger partial charge in [-0.3, -0.25) is 14.9 Å². The van der Waals surface area contributed by atoms with Crippen LogP contribution in [-0.4, -0.2) is 36.2 Å². The maximum absolute atomic E-state index is 12.4. The number of fused-ring (bicyclic) bond motifs is 3. The van der Waals surface area contributed by atoms with Crippen molar-refractivity contribution < 1.29 is 24.2 Å². The van der Waals surface area contributed by atoms with Crippen molar-refractivity contribution in [1.29, 1.82) is 0 Å². The highest BCUT2D eigenvalue weighted by Crippen LogP contribution is 2.44. The molecule has 1 aliphatic rings. The highest BCUT2D eigenvalue weighted by atomic mass is 16.5. The highest BCUT2D eigenvalue weighted by Gasteiger charge is 2.29. The van der Waals surface area contributed by atoms with Crippen LogP contribution in [0.3, 0.4) is 0 Å². The molecule has 7 heteroatoms. The Labute approximate surface area is 191 Å². The smallest absolute Gasteiger partial charge is 0.411 e. The Morgan fingerprint density at radius 1 is 0.909 bits per heavy atom. The molecule has 0 aliphatic heterocycles. The van der Waals surface area contributed by atoms with Crippen LogP contribution in [0, 0.1) is 0 Å². The highest BCUT2D eigenvalue weighted by molar-refractivity contribution is 5.87. The minimum Gasteiger partial charge on any atom is -0.480 e. The predicted molar refractivity (Wildman–Crippen MR) is 124 cm³/mol. The summed E-state index contributed by atoms with van der Waals surface area (Å²) in [5.74, 6) is -2.02. The van der Waals surface area contributed by atoms with Crippen LogP contribution in [0.5, 0.6) is 0 Å². The molecule has 0 aromatic heterocycles. The van der Waals surface area contributed by atoms with E-state index in [2.05, 4.69) is 34.9 Å². The summed E-state index contributed by atoms with van der Waals surface area (Å²) < 4.78 is 5.54. The van der Waals surface area contributed by atoms with Crippen molar-refractivity contribution in [2.45, 2.75) is 18.8 Å². The Morgan fingerprint density at radius 3 is 2.06 bits per heavy atom. The van der Waals surface area contributed by atoms with Crippen LogP contribution in [0.15, 0.2) is 72.8 Å². The Morgan fingerprint density at radius 2 is 1.48 bits per heavy atom. The molecule has 3 aromatic rings. The third-order valence-corrected chi connectivity index (χ3v) is 5.81. The van der Waals surface area contributed by atoms with Crippen LogP contribution < -0.4 is 10.6 Å². The number of aliphatic carboxylic acids is 1. The fourth-order valence-corrected chi connectivity index (χ4v) is 4.07. The zero-order valence-corrected chi connectivity index (χ0v) is 18.1. The van der Waals surface area contributed by atoms with Gasteiger partial charge in [-0.2, -0.15) is 0 Å². The number of nitrogens with one attached hydrogen (secondary N) is 2. The van der Waals surface area contributed by atoms with Gasteiger partial charge in [0.25, 0.3) is 0 Å². The molecule has 2 amide bonds. The van der Waals surface area contributed by atoms with E-state index in [9.17, 15) is 14.4 Å². The first kappa shape index (κ1) is 22.1. The van der Waals surface area contributed by atoms with Crippen LogP contribution in [0.1, 0.15) is 35.4 Å². The molecule has 1 unspecified atom stereocenters. The average Bonchev–Trinajstić information content (AvgIpc) is 3.15. The molecule has 0 saturated carbocycles. The van der Waals surface area contributed by atoms with E-state index in [-0.39, 0.29) is 18.4 Å². The monoisotopic (exact) mass is 444 g/mol. The van der Waals surface area contributed by atoms with Gasteiger partial charge in [-0.15, -0.1) is 0 Å². The molecule has 0 radical (unpaired) electrons. The number of hydrogen-bond acceptors (Lipinski definition) is 4. The molecule has 3 N–H and O–H groups in total. The van der Waals surface area contributed by atoms with E-state index < -0.39 is 24.5 Å². The Hall–Kier alpha value is -4.13. The standard InChI is InChI=1S/C26H24N2O5/c1-16(25(31)27-14-24(29)30)17-10-12-18(13-11-17)28-26(32)33-15-23-21-8-4-2-6-19(21)20-7-3-5-9-22(20)23/h2-13,16,23H,14-15H2,1H3,(H,27,31)(H,28,32)(H,29,30). The molecule has 3 aromatic carbocycles. The Kier molecular flexibility index (Phi) is 6.40. The molecule has 1 aliphatic carbocycles. The second-order valence-corrected chi connectivity index (χ2v) is 7.91. The van der Waals surface area contributed by atoms with Crippen molar-refractivity contribution in [3.05, 3.63) is 89.5 Å². The number of benzene rings is 3. The first-order valence-corrected chi connectivity index (χ1v) is 10.7. The molecule has 1 atom stereocenters. The summed E-state index contributed by atoms with van der Waals surface area (Å²) in [7, 11) is 0. The summed E-state index contributed by atoms with van der Waals surface area (Å²) in [6.07, 6.45) is -0.558. The molecular weight excluding hydrogens is 420 g/mol. The maximum Gasteiger partial charge on any atom is 0.411 e. The van der Waals surface area contributed by atoms with Gasteiger partial charge in [-0.25, -0.2) is 4.79 Å². The molecule has 0 spiro atoms. The quantitative estimate of drug-likeness (QED) is 0.503. The van der Waals surface area contributed by atoms with Gasteiger partial charge in [0.05, 0.1) is 5.92 Å². The minimum atomic E-state index is -1.10. The summed E-state index contributed by atoms with van der Waals surface area (Å²) in [5.41, 5.74) is 5.86. The van der Waals surface area contributed by atoms with Gasteiger partial charge in [0.1, 0.15) is 13.2 Å². The first-order valence-electron chi connectivity index (χ1n) is 10.7. The number of anilines is 1. The lowest BCUT2D eigenvalue weighted by Crippen LogP contribution is -2.32. The number of hydrogen-bond donors (Lipinski definition) is 3. The molecule has 168 valence electrons. The third kappa shape index (κ3) is 4.87. The molecular formula is C26H24N2O5. The summed E-state index contributed by atoms with van der Waals surface area (Å²) in [6.45, 7) is 1.48. The number of carboxylic acids is 1. The van der Waals surface area contributed by atoms with Gasteiger partial charge in [0.2, 0.25) is 5.91 Å². The van der Waals surface area contributed by atoms with Crippen molar-refractivity contribution in [3.8, 4) is 11.1 Å². The summed E-state index contributed by atoms with van der Waals surface area (Å²) >= 11 is 0. The van der Waals surface area contributed by atoms with E-state index in [1.165, 1.54) is 11.1 Å². The first-order chi connectivity index (χ1) is 15.9. The number of carbonyl (C=O) groups is 3. The lowest BCUT2D eigenvalue weighted by atomic mass is 9.98. The van der Waals surface area contributed by atoms with Crippen molar-refractivity contribution in [2.24, 2.45) is 0 Å². The second-order valence-electron chi connectivity index (χ2n) is 7.91. The van der Waals surface area contributed by atoms with Gasteiger partial charge >= 0.3 is 12.1 Å². The summed E-state index contributed by atoms with van der Waals surface area (Å²) in [5, 5.41) is 13.7. The van der Waals surface area contributed by atoms with Crippen LogP contribution in [-0.2, 0) is 14.3 Å². The number of carbonyl (C=O) groups excluding carboxylic acids is 2. The lowest BCUT2D eigenvalue weighted by Gasteiger charge is -2.15. The molecule has 0 saturated heterocycles. The molecule has 0 bridgehead atoms. The van der Waals surface area contributed by atoms with Gasteiger partial charge in [0.15, 0.2) is 0 Å². The minimum absolute atomic E-state index is 0.0179. The summed E-state index contributed by atoms with van der Waals surface area (Å²) in [6, 6.07) is 23.1. The maximum atomic E-state index is 12.4. The Bertz CT molecular complexity index is 1140. The van der Waals surface area contributed by atoms with E-state index in [1.807, 2.05) is 24.3 Å². The SMILES string of the molecule is CC(C(=O)NCC(=O)O)c1ccc(NC(=O)OCC2c3ccccc3-c3ccccc32)cc1. The molecule has 4 rings (SSSR count). The fraction of sp³-hybridized carbons (Fsp3) is 0.192. The van der Waals surface area contributed by atoms with Crippen LogP contribution in [0.4, 0.5) is 10.5 Å². The third-order valence-electron chi connectivity index (χ3n) is 5.81. The van der Waals surface area contributed by atoms with E-state index in [0.717, 1.165) is 11.1 Å². The Balaban J connectivity index is 1.35. The van der Waals surface area contributed by atoms with Crippen LogP contribution >= 0.6 is 0 Å². The molecule has 33 heavy (non-hydrogen) atoms. The molecule has 0 fully saturated rings. The topological polar surface area (TPSA) is 105 Å². The van der Waals surface area contributed by atoms with Gasteiger partial charge in [0, 0.05) is 11.6 Å².